The van der Waals surface area contributed by atoms with Crippen LogP contribution >= 0.6 is 0 Å². The fourth-order valence-electron chi connectivity index (χ4n) is 3.67. The lowest BCUT2D eigenvalue weighted by Crippen LogP contribution is -2.32. The van der Waals surface area contributed by atoms with Gasteiger partial charge in [-0.2, -0.15) is 0 Å². The molecule has 5 nitrogen and oxygen atoms in total. The summed E-state index contributed by atoms with van der Waals surface area (Å²) in [4.78, 5) is 30.3. The Kier molecular flexibility index (Phi) is 5.34. The molecule has 0 atom stereocenters. The van der Waals surface area contributed by atoms with E-state index in [1.807, 2.05) is 99.6 Å². The van der Waals surface area contributed by atoms with Crippen molar-refractivity contribution in [3.63, 3.8) is 0 Å². The van der Waals surface area contributed by atoms with Crippen molar-refractivity contribution >= 4 is 34.4 Å². The Bertz CT molecular complexity index is 1200. The molecule has 5 heteroatoms. The monoisotopic (exact) mass is 411 g/mol. The lowest BCUT2D eigenvalue weighted by molar-refractivity contribution is -0.120. The third kappa shape index (κ3) is 3.82. The second-order valence-electron chi connectivity index (χ2n) is 7.92. The minimum atomic E-state index is -0.360. The molecule has 3 aromatic carbocycles. The molecule has 1 aliphatic rings. The summed E-state index contributed by atoms with van der Waals surface area (Å²) in [5.41, 5.74) is 5.72. The number of amides is 2. The predicted octanol–water partition coefficient (Wildman–Crippen LogP) is 4.77. The van der Waals surface area contributed by atoms with Gasteiger partial charge in [0.15, 0.2) is 0 Å². The maximum Gasteiger partial charge on any atom is 0.282 e. The minimum absolute atomic E-state index is 0.292. The highest BCUT2D eigenvalue weighted by Gasteiger charge is 2.40. The van der Waals surface area contributed by atoms with Gasteiger partial charge in [-0.1, -0.05) is 48.5 Å². The lowest BCUT2D eigenvalue weighted by atomic mass is 10.0. The number of nitrogens with zero attached hydrogens (tertiary/aromatic N) is 2. The summed E-state index contributed by atoms with van der Waals surface area (Å²) in [7, 11) is 3.85. The van der Waals surface area contributed by atoms with Gasteiger partial charge < -0.3 is 10.2 Å². The van der Waals surface area contributed by atoms with Gasteiger partial charge >= 0.3 is 0 Å². The van der Waals surface area contributed by atoms with Gasteiger partial charge in [0.25, 0.3) is 11.8 Å². The highest BCUT2D eigenvalue weighted by atomic mass is 16.2. The second-order valence-corrected chi connectivity index (χ2v) is 7.92. The van der Waals surface area contributed by atoms with Crippen LogP contribution in [0.2, 0.25) is 0 Å². The van der Waals surface area contributed by atoms with E-state index in [0.717, 1.165) is 22.5 Å². The van der Waals surface area contributed by atoms with Gasteiger partial charge in [0.1, 0.15) is 5.70 Å². The summed E-state index contributed by atoms with van der Waals surface area (Å²) in [6.07, 6.45) is 0. The molecular weight excluding hydrogens is 386 g/mol. The maximum atomic E-state index is 13.6. The van der Waals surface area contributed by atoms with Crippen LogP contribution in [0.25, 0.3) is 5.57 Å². The summed E-state index contributed by atoms with van der Waals surface area (Å²) in [6, 6.07) is 22.8. The third-order valence-electron chi connectivity index (χ3n) is 5.40. The zero-order valence-electron chi connectivity index (χ0n) is 18.1. The van der Waals surface area contributed by atoms with Crippen LogP contribution in [-0.2, 0) is 9.59 Å². The number of carbonyl (C=O) groups excluding carboxylic acids is 2. The van der Waals surface area contributed by atoms with Crippen molar-refractivity contribution in [1.82, 2.24) is 0 Å². The molecule has 156 valence electrons. The molecule has 0 spiro atoms. The zero-order chi connectivity index (χ0) is 22.1. The zero-order valence-corrected chi connectivity index (χ0v) is 18.1. The van der Waals surface area contributed by atoms with Crippen LogP contribution in [0.5, 0.6) is 0 Å². The number of aryl methyl sites for hydroxylation is 2. The molecule has 1 aliphatic heterocycles. The number of hydrogen-bond acceptors (Lipinski definition) is 4. The average Bonchev–Trinajstić information content (AvgIpc) is 3.01. The summed E-state index contributed by atoms with van der Waals surface area (Å²) in [6.45, 7) is 3.97. The summed E-state index contributed by atoms with van der Waals surface area (Å²) < 4.78 is 0. The molecule has 0 fully saturated rings. The second kappa shape index (κ2) is 8.11. The fourth-order valence-corrected chi connectivity index (χ4v) is 3.67. The SMILES string of the molecule is Cc1ccc(C)c(NC2=C(c3ccccc3)C(=O)N(c3cccc(N(C)C)c3)C2=O)c1. The topological polar surface area (TPSA) is 52.7 Å². The summed E-state index contributed by atoms with van der Waals surface area (Å²) in [5, 5.41) is 3.27. The number of nitrogens with one attached hydrogen (secondary N) is 1. The molecule has 0 bridgehead atoms. The largest absolute Gasteiger partial charge is 0.378 e. The van der Waals surface area contributed by atoms with Gasteiger partial charge in [-0.05, 0) is 54.8 Å². The molecule has 0 saturated carbocycles. The number of hydrogen-bond donors (Lipinski definition) is 1. The number of imide groups is 1. The first-order valence-corrected chi connectivity index (χ1v) is 10.2. The van der Waals surface area contributed by atoms with Crippen molar-refractivity contribution in [3.05, 3.63) is 95.2 Å². The first kappa shape index (κ1) is 20.4. The van der Waals surface area contributed by atoms with E-state index in [0.29, 0.717) is 22.5 Å². The van der Waals surface area contributed by atoms with Crippen molar-refractivity contribution < 1.29 is 9.59 Å². The van der Waals surface area contributed by atoms with Crippen molar-refractivity contribution in [2.75, 3.05) is 29.2 Å². The van der Waals surface area contributed by atoms with Crippen molar-refractivity contribution in [2.24, 2.45) is 0 Å². The van der Waals surface area contributed by atoms with E-state index in [9.17, 15) is 9.59 Å². The van der Waals surface area contributed by atoms with Crippen LogP contribution in [0, 0.1) is 13.8 Å². The first-order chi connectivity index (χ1) is 14.9. The normalized spacial score (nSPS) is 13.7. The standard InChI is InChI=1S/C26H25N3O2/c1-17-13-14-18(2)22(15-17)27-24-23(19-9-6-5-7-10-19)25(30)29(26(24)31)21-12-8-11-20(16-21)28(3)4/h5-16,27H,1-4H3. The molecule has 0 radical (unpaired) electrons. The molecule has 0 unspecified atom stereocenters. The molecule has 0 saturated heterocycles. The Morgan fingerprint density at radius 2 is 1.55 bits per heavy atom. The quantitative estimate of drug-likeness (QED) is 0.615. The highest BCUT2D eigenvalue weighted by molar-refractivity contribution is 6.46. The van der Waals surface area contributed by atoms with Crippen LogP contribution in [-0.4, -0.2) is 25.9 Å². The molecule has 0 aliphatic carbocycles. The molecule has 0 aromatic heterocycles. The van der Waals surface area contributed by atoms with E-state index in [4.69, 9.17) is 0 Å². The molecular formula is C26H25N3O2. The lowest BCUT2D eigenvalue weighted by Gasteiger charge is -2.19. The van der Waals surface area contributed by atoms with E-state index in [1.54, 1.807) is 6.07 Å². The van der Waals surface area contributed by atoms with Gasteiger partial charge in [-0.3, -0.25) is 9.59 Å². The Morgan fingerprint density at radius 1 is 0.806 bits per heavy atom. The van der Waals surface area contributed by atoms with Crippen molar-refractivity contribution in [1.29, 1.82) is 0 Å². The summed E-state index contributed by atoms with van der Waals surface area (Å²) >= 11 is 0. The Hall–Kier alpha value is -3.86. The molecule has 1 N–H and O–H groups in total. The molecule has 31 heavy (non-hydrogen) atoms. The highest BCUT2D eigenvalue weighted by Crippen LogP contribution is 2.35. The van der Waals surface area contributed by atoms with Crippen LogP contribution in [0.15, 0.2) is 78.5 Å². The first-order valence-electron chi connectivity index (χ1n) is 10.2. The average molecular weight is 412 g/mol. The number of rotatable bonds is 5. The Balaban J connectivity index is 1.83. The van der Waals surface area contributed by atoms with Crippen LogP contribution < -0.4 is 15.1 Å². The van der Waals surface area contributed by atoms with Crippen LogP contribution in [0.3, 0.4) is 0 Å². The number of benzene rings is 3. The van der Waals surface area contributed by atoms with E-state index >= 15 is 0 Å². The van der Waals surface area contributed by atoms with Gasteiger partial charge in [-0.25, -0.2) is 4.90 Å². The number of anilines is 3. The van der Waals surface area contributed by atoms with Gasteiger partial charge in [-0.15, -0.1) is 0 Å². The van der Waals surface area contributed by atoms with Gasteiger partial charge in [0.05, 0.1) is 11.3 Å². The van der Waals surface area contributed by atoms with Crippen LogP contribution in [0.1, 0.15) is 16.7 Å². The van der Waals surface area contributed by atoms with E-state index in [2.05, 4.69) is 5.32 Å². The van der Waals surface area contributed by atoms with Gasteiger partial charge in [0, 0.05) is 25.5 Å². The molecule has 2 amide bonds. The van der Waals surface area contributed by atoms with Crippen molar-refractivity contribution in [3.8, 4) is 0 Å². The molecule has 4 rings (SSSR count). The Morgan fingerprint density at radius 3 is 2.26 bits per heavy atom. The summed E-state index contributed by atoms with van der Waals surface area (Å²) in [5.74, 6) is -0.694. The minimum Gasteiger partial charge on any atom is -0.378 e. The fraction of sp³-hybridized carbons (Fsp3) is 0.154. The van der Waals surface area contributed by atoms with E-state index in [1.165, 1.54) is 4.90 Å². The van der Waals surface area contributed by atoms with Gasteiger partial charge in [0.2, 0.25) is 0 Å². The predicted molar refractivity (Wildman–Crippen MR) is 126 cm³/mol. The van der Waals surface area contributed by atoms with Crippen molar-refractivity contribution in [2.45, 2.75) is 13.8 Å². The molecule has 1 heterocycles. The van der Waals surface area contributed by atoms with E-state index < -0.39 is 0 Å². The smallest absolute Gasteiger partial charge is 0.282 e. The maximum absolute atomic E-state index is 13.6. The van der Waals surface area contributed by atoms with E-state index in [-0.39, 0.29) is 11.8 Å². The van der Waals surface area contributed by atoms with Crippen LogP contribution in [0.4, 0.5) is 17.1 Å². The number of carbonyl (C=O) groups is 2. The molecule has 3 aromatic rings. The third-order valence-corrected chi connectivity index (χ3v) is 5.40. The Labute approximate surface area is 182 Å².